The van der Waals surface area contributed by atoms with Gasteiger partial charge in [0, 0.05) is 22.9 Å². The van der Waals surface area contributed by atoms with Crippen LogP contribution in [0.2, 0.25) is 5.02 Å². The fraction of sp³-hybridized carbons (Fsp3) is 0.263. The summed E-state index contributed by atoms with van der Waals surface area (Å²) in [5.41, 5.74) is 1.31. The highest BCUT2D eigenvalue weighted by molar-refractivity contribution is 6.30. The van der Waals surface area contributed by atoms with Crippen molar-refractivity contribution in [3.63, 3.8) is 0 Å². The van der Waals surface area contributed by atoms with Gasteiger partial charge >= 0.3 is 6.03 Å². The Hall–Kier alpha value is -2.73. The van der Waals surface area contributed by atoms with Gasteiger partial charge in [-0.2, -0.15) is 0 Å². The molecule has 136 valence electrons. The van der Waals surface area contributed by atoms with Crippen LogP contribution in [0.15, 0.2) is 48.5 Å². The molecule has 1 aliphatic heterocycles. The SMILES string of the molecule is COc1ccc(NC(=O)N2CCC[C@@H]2C(=O)Nc2ccc(Cl)cc2)cc1. The number of hydrogen-bond donors (Lipinski definition) is 2. The van der Waals surface area contributed by atoms with E-state index in [0.717, 1.165) is 6.42 Å². The molecular weight excluding hydrogens is 354 g/mol. The number of nitrogens with zero attached hydrogens (tertiary/aromatic N) is 1. The number of hydrogen-bond acceptors (Lipinski definition) is 3. The Kier molecular flexibility index (Phi) is 5.63. The number of likely N-dealkylation sites (tertiary alicyclic amines) is 1. The van der Waals surface area contributed by atoms with Gasteiger partial charge in [-0.1, -0.05) is 11.6 Å². The average molecular weight is 374 g/mol. The van der Waals surface area contributed by atoms with E-state index in [-0.39, 0.29) is 11.9 Å². The van der Waals surface area contributed by atoms with E-state index in [1.54, 1.807) is 60.5 Å². The minimum absolute atomic E-state index is 0.199. The van der Waals surface area contributed by atoms with Crippen molar-refractivity contribution in [1.82, 2.24) is 4.90 Å². The maximum Gasteiger partial charge on any atom is 0.322 e. The molecule has 1 fully saturated rings. The highest BCUT2D eigenvalue weighted by atomic mass is 35.5. The van der Waals surface area contributed by atoms with E-state index in [4.69, 9.17) is 16.3 Å². The van der Waals surface area contributed by atoms with Gasteiger partial charge in [0.05, 0.1) is 7.11 Å². The van der Waals surface area contributed by atoms with Gasteiger partial charge in [-0.25, -0.2) is 4.79 Å². The van der Waals surface area contributed by atoms with Crippen LogP contribution in [0.25, 0.3) is 0 Å². The van der Waals surface area contributed by atoms with E-state index < -0.39 is 6.04 Å². The number of nitrogens with one attached hydrogen (secondary N) is 2. The number of amides is 3. The van der Waals surface area contributed by atoms with Crippen LogP contribution in [-0.2, 0) is 4.79 Å². The van der Waals surface area contributed by atoms with Crippen molar-refractivity contribution in [1.29, 1.82) is 0 Å². The van der Waals surface area contributed by atoms with Crippen LogP contribution in [0.5, 0.6) is 5.75 Å². The lowest BCUT2D eigenvalue weighted by Crippen LogP contribution is -2.45. The summed E-state index contributed by atoms with van der Waals surface area (Å²) in [5.74, 6) is 0.513. The molecule has 0 unspecified atom stereocenters. The maximum atomic E-state index is 12.6. The number of urea groups is 1. The first-order chi connectivity index (χ1) is 12.6. The normalized spacial score (nSPS) is 16.2. The monoisotopic (exact) mass is 373 g/mol. The van der Waals surface area contributed by atoms with E-state index in [0.29, 0.717) is 35.1 Å². The van der Waals surface area contributed by atoms with Gasteiger partial charge in [0.1, 0.15) is 11.8 Å². The smallest absolute Gasteiger partial charge is 0.322 e. The standard InChI is InChI=1S/C19H20ClN3O3/c1-26-16-10-8-15(9-11-16)22-19(25)23-12-2-3-17(23)18(24)21-14-6-4-13(20)5-7-14/h4-11,17H,2-3,12H2,1H3,(H,21,24)(H,22,25)/t17-/m1/s1. The predicted octanol–water partition coefficient (Wildman–Crippen LogP) is 3.98. The zero-order valence-corrected chi connectivity index (χ0v) is 15.1. The van der Waals surface area contributed by atoms with Gasteiger partial charge in [-0.05, 0) is 61.4 Å². The molecule has 1 aliphatic rings. The molecule has 0 aromatic heterocycles. The third-order valence-corrected chi connectivity index (χ3v) is 4.52. The summed E-state index contributed by atoms with van der Waals surface area (Å²) < 4.78 is 5.10. The molecular formula is C19H20ClN3O3. The van der Waals surface area contributed by atoms with Crippen molar-refractivity contribution in [2.45, 2.75) is 18.9 Å². The predicted molar refractivity (Wildman–Crippen MR) is 102 cm³/mol. The molecule has 0 spiro atoms. The van der Waals surface area contributed by atoms with Gasteiger partial charge in [-0.15, -0.1) is 0 Å². The zero-order chi connectivity index (χ0) is 18.5. The summed E-state index contributed by atoms with van der Waals surface area (Å²) in [6.45, 7) is 0.542. The Morgan fingerprint density at radius 3 is 2.31 bits per heavy atom. The summed E-state index contributed by atoms with van der Waals surface area (Å²) in [7, 11) is 1.59. The maximum absolute atomic E-state index is 12.6. The molecule has 0 aliphatic carbocycles. The van der Waals surface area contributed by atoms with Gasteiger partial charge < -0.3 is 20.3 Å². The molecule has 1 atom stereocenters. The van der Waals surface area contributed by atoms with Crippen LogP contribution in [0.3, 0.4) is 0 Å². The fourth-order valence-corrected chi connectivity index (χ4v) is 3.04. The number of methoxy groups -OCH3 is 1. The molecule has 0 radical (unpaired) electrons. The quantitative estimate of drug-likeness (QED) is 0.851. The lowest BCUT2D eigenvalue weighted by Gasteiger charge is -2.24. The molecule has 1 saturated heterocycles. The zero-order valence-electron chi connectivity index (χ0n) is 14.4. The van der Waals surface area contributed by atoms with Crippen molar-refractivity contribution in [2.75, 3.05) is 24.3 Å². The molecule has 3 amide bonds. The number of carbonyl (C=O) groups is 2. The molecule has 2 N–H and O–H groups in total. The first-order valence-electron chi connectivity index (χ1n) is 8.35. The Labute approximate surface area is 157 Å². The van der Waals surface area contributed by atoms with Crippen LogP contribution in [0, 0.1) is 0 Å². The van der Waals surface area contributed by atoms with Crippen molar-refractivity contribution in [3.05, 3.63) is 53.6 Å². The van der Waals surface area contributed by atoms with E-state index in [9.17, 15) is 9.59 Å². The van der Waals surface area contributed by atoms with E-state index in [1.165, 1.54) is 0 Å². The number of ether oxygens (including phenoxy) is 1. The third-order valence-electron chi connectivity index (χ3n) is 4.27. The Bertz CT molecular complexity index is 778. The van der Waals surface area contributed by atoms with Gasteiger partial charge in [-0.3, -0.25) is 4.79 Å². The molecule has 6 nitrogen and oxygen atoms in total. The number of halogens is 1. The van der Waals surface area contributed by atoms with E-state index in [2.05, 4.69) is 10.6 Å². The summed E-state index contributed by atoms with van der Waals surface area (Å²) in [6, 6.07) is 13.2. The molecule has 0 saturated carbocycles. The lowest BCUT2D eigenvalue weighted by molar-refractivity contribution is -0.119. The molecule has 0 bridgehead atoms. The largest absolute Gasteiger partial charge is 0.497 e. The average Bonchev–Trinajstić information content (AvgIpc) is 3.14. The van der Waals surface area contributed by atoms with Gasteiger partial charge in [0.15, 0.2) is 0 Å². The van der Waals surface area contributed by atoms with Gasteiger partial charge in [0.25, 0.3) is 0 Å². The molecule has 26 heavy (non-hydrogen) atoms. The summed E-state index contributed by atoms with van der Waals surface area (Å²) in [4.78, 5) is 26.7. The fourth-order valence-electron chi connectivity index (χ4n) is 2.91. The minimum atomic E-state index is -0.496. The van der Waals surface area contributed by atoms with Crippen LogP contribution in [0.4, 0.5) is 16.2 Å². The first-order valence-corrected chi connectivity index (χ1v) is 8.73. The molecule has 2 aromatic rings. The molecule has 7 heteroatoms. The number of rotatable bonds is 4. The number of carbonyl (C=O) groups excluding carboxylic acids is 2. The second-order valence-electron chi connectivity index (χ2n) is 6.01. The van der Waals surface area contributed by atoms with Crippen molar-refractivity contribution >= 4 is 34.9 Å². The van der Waals surface area contributed by atoms with Crippen LogP contribution in [-0.4, -0.2) is 36.5 Å². The van der Waals surface area contributed by atoms with Gasteiger partial charge in [0.2, 0.25) is 5.91 Å². The molecule has 1 heterocycles. The molecule has 2 aromatic carbocycles. The van der Waals surface area contributed by atoms with E-state index in [1.807, 2.05) is 0 Å². The highest BCUT2D eigenvalue weighted by Crippen LogP contribution is 2.22. The Morgan fingerprint density at radius 1 is 1.04 bits per heavy atom. The van der Waals surface area contributed by atoms with Crippen LogP contribution in [0.1, 0.15) is 12.8 Å². The van der Waals surface area contributed by atoms with Crippen molar-refractivity contribution < 1.29 is 14.3 Å². The summed E-state index contributed by atoms with van der Waals surface area (Å²) in [5, 5.41) is 6.27. The topological polar surface area (TPSA) is 70.7 Å². The lowest BCUT2D eigenvalue weighted by atomic mass is 10.2. The Balaban J connectivity index is 1.63. The minimum Gasteiger partial charge on any atom is -0.497 e. The summed E-state index contributed by atoms with van der Waals surface area (Å²) >= 11 is 5.85. The van der Waals surface area contributed by atoms with Crippen LogP contribution >= 0.6 is 11.6 Å². The second-order valence-corrected chi connectivity index (χ2v) is 6.44. The molecule has 3 rings (SSSR count). The number of benzene rings is 2. The second kappa shape index (κ2) is 8.10. The first kappa shape index (κ1) is 18.1. The summed E-state index contributed by atoms with van der Waals surface area (Å²) in [6.07, 6.45) is 1.42. The van der Waals surface area contributed by atoms with Crippen molar-refractivity contribution in [2.24, 2.45) is 0 Å². The Morgan fingerprint density at radius 2 is 1.65 bits per heavy atom. The highest BCUT2D eigenvalue weighted by Gasteiger charge is 2.34. The van der Waals surface area contributed by atoms with Crippen molar-refractivity contribution in [3.8, 4) is 5.75 Å². The van der Waals surface area contributed by atoms with E-state index >= 15 is 0 Å². The third kappa shape index (κ3) is 4.26. The number of anilines is 2. The van der Waals surface area contributed by atoms with Crippen LogP contribution < -0.4 is 15.4 Å².